The van der Waals surface area contributed by atoms with Gasteiger partial charge in [0.25, 0.3) is 0 Å². The average Bonchev–Trinajstić information content (AvgIpc) is 2.81. The van der Waals surface area contributed by atoms with Gasteiger partial charge in [-0.25, -0.2) is 0 Å². The Morgan fingerprint density at radius 1 is 1.45 bits per heavy atom. The van der Waals surface area contributed by atoms with E-state index in [4.69, 9.17) is 16.3 Å². The summed E-state index contributed by atoms with van der Waals surface area (Å²) in [6.45, 7) is 11.5. The van der Waals surface area contributed by atoms with E-state index in [1.165, 1.54) is 0 Å². The first-order chi connectivity index (χ1) is 9.41. The Hall–Kier alpha value is -0.580. The molecule has 0 spiro atoms. The molecule has 0 aromatic carbocycles. The van der Waals surface area contributed by atoms with Gasteiger partial charge in [-0.05, 0) is 40.2 Å². The van der Waals surface area contributed by atoms with Crippen molar-refractivity contribution in [1.82, 2.24) is 15.1 Å². The number of halogens is 1. The summed E-state index contributed by atoms with van der Waals surface area (Å²) >= 11 is 6.40. The minimum Gasteiger partial charge on any atom is -0.376 e. The fourth-order valence-corrected chi connectivity index (χ4v) is 2.63. The highest BCUT2D eigenvalue weighted by atomic mass is 35.5. The van der Waals surface area contributed by atoms with E-state index in [-0.39, 0.29) is 17.7 Å². The number of methoxy groups -OCH3 is 1. The summed E-state index contributed by atoms with van der Waals surface area (Å²) in [5.41, 5.74) is 0.701. The van der Waals surface area contributed by atoms with Gasteiger partial charge < -0.3 is 10.1 Å². The number of rotatable bonds is 8. The summed E-state index contributed by atoms with van der Waals surface area (Å²) in [7, 11) is 1.76. The molecule has 20 heavy (non-hydrogen) atoms. The van der Waals surface area contributed by atoms with E-state index in [2.05, 4.69) is 45.0 Å². The number of nitrogens with one attached hydrogen (secondary N) is 1. The first-order valence-corrected chi connectivity index (χ1v) is 7.80. The number of ether oxygens (including phenoxy) is 1. The van der Waals surface area contributed by atoms with Crippen LogP contribution in [-0.2, 0) is 4.74 Å². The molecule has 1 rings (SSSR count). The van der Waals surface area contributed by atoms with Crippen LogP contribution in [-0.4, -0.2) is 29.0 Å². The van der Waals surface area contributed by atoms with E-state index in [9.17, 15) is 0 Å². The fourth-order valence-electron chi connectivity index (χ4n) is 2.39. The van der Waals surface area contributed by atoms with Crippen molar-refractivity contribution in [2.75, 3.05) is 13.7 Å². The highest BCUT2D eigenvalue weighted by Gasteiger charge is 2.37. The minimum absolute atomic E-state index is 0.0230. The van der Waals surface area contributed by atoms with Crippen LogP contribution in [0.4, 0.5) is 0 Å². The molecule has 0 saturated heterocycles. The number of hydrogen-bond acceptors (Lipinski definition) is 3. The highest BCUT2D eigenvalue weighted by molar-refractivity contribution is 6.31. The van der Waals surface area contributed by atoms with Crippen LogP contribution < -0.4 is 5.32 Å². The Balaban J connectivity index is 3.26. The highest BCUT2D eigenvalue weighted by Crippen LogP contribution is 2.36. The lowest BCUT2D eigenvalue weighted by molar-refractivity contribution is -0.0323. The first-order valence-electron chi connectivity index (χ1n) is 7.42. The molecule has 2 unspecified atom stereocenters. The molecule has 0 radical (unpaired) electrons. The zero-order valence-electron chi connectivity index (χ0n) is 13.5. The monoisotopic (exact) mass is 301 g/mol. The van der Waals surface area contributed by atoms with Crippen molar-refractivity contribution < 1.29 is 4.74 Å². The van der Waals surface area contributed by atoms with Gasteiger partial charge in [0.2, 0.25) is 0 Å². The van der Waals surface area contributed by atoms with Gasteiger partial charge in [-0.3, -0.25) is 4.68 Å². The maximum Gasteiger partial charge on any atom is 0.0857 e. The van der Waals surface area contributed by atoms with Crippen molar-refractivity contribution in [3.63, 3.8) is 0 Å². The predicted octanol–water partition coefficient (Wildman–Crippen LogP) is 3.97. The van der Waals surface area contributed by atoms with Gasteiger partial charge in [0, 0.05) is 13.2 Å². The molecule has 0 aliphatic rings. The second kappa shape index (κ2) is 7.43. The lowest BCUT2D eigenvalue weighted by Gasteiger charge is -2.37. The summed E-state index contributed by atoms with van der Waals surface area (Å²) in [6.07, 6.45) is 3.68. The number of hydrogen-bond donors (Lipinski definition) is 1. The van der Waals surface area contributed by atoms with Gasteiger partial charge in [-0.1, -0.05) is 25.4 Å². The zero-order valence-corrected chi connectivity index (χ0v) is 14.3. The smallest absolute Gasteiger partial charge is 0.0857 e. The molecule has 116 valence electrons. The van der Waals surface area contributed by atoms with Crippen LogP contribution in [0.3, 0.4) is 0 Å². The molecule has 0 saturated carbocycles. The van der Waals surface area contributed by atoms with Crippen LogP contribution in [0.15, 0.2) is 6.20 Å². The standard InChI is InChI=1S/C15H28ClN3O/c1-7-9-17-14(15(5,8-2)20-6)13-12(16)10-18-19(13)11(3)4/h10-11,14,17H,7-9H2,1-6H3. The van der Waals surface area contributed by atoms with E-state index in [0.29, 0.717) is 5.02 Å². The Bertz CT molecular complexity index is 413. The molecule has 1 N–H and O–H groups in total. The van der Waals surface area contributed by atoms with Gasteiger partial charge in [-0.15, -0.1) is 0 Å². The SMILES string of the molecule is CCCNC(c1c(Cl)cnn1C(C)C)C(C)(CC)OC. The molecular weight excluding hydrogens is 274 g/mol. The molecule has 4 nitrogen and oxygen atoms in total. The van der Waals surface area contributed by atoms with Crippen LogP contribution in [0.2, 0.25) is 5.02 Å². The summed E-state index contributed by atoms with van der Waals surface area (Å²) < 4.78 is 7.79. The average molecular weight is 302 g/mol. The van der Waals surface area contributed by atoms with E-state index < -0.39 is 0 Å². The topological polar surface area (TPSA) is 39.1 Å². The molecular formula is C15H28ClN3O. The normalized spacial score (nSPS) is 16.4. The van der Waals surface area contributed by atoms with Gasteiger partial charge in [0.1, 0.15) is 0 Å². The Kier molecular flexibility index (Phi) is 6.49. The minimum atomic E-state index is -0.314. The van der Waals surface area contributed by atoms with Crippen LogP contribution in [0, 0.1) is 0 Å². The third-order valence-electron chi connectivity index (χ3n) is 3.93. The molecule has 2 atom stereocenters. The van der Waals surface area contributed by atoms with E-state index in [1.807, 2.05) is 4.68 Å². The fraction of sp³-hybridized carbons (Fsp3) is 0.800. The second-order valence-corrected chi connectivity index (χ2v) is 6.08. The van der Waals surface area contributed by atoms with E-state index in [1.54, 1.807) is 13.3 Å². The van der Waals surface area contributed by atoms with E-state index in [0.717, 1.165) is 25.1 Å². The molecule has 0 amide bonds. The van der Waals surface area contributed by atoms with Crippen molar-refractivity contribution in [3.05, 3.63) is 16.9 Å². The third kappa shape index (κ3) is 3.54. The van der Waals surface area contributed by atoms with Crippen molar-refractivity contribution in [3.8, 4) is 0 Å². The maximum absolute atomic E-state index is 6.40. The van der Waals surface area contributed by atoms with Crippen LogP contribution in [0.25, 0.3) is 0 Å². The lowest BCUT2D eigenvalue weighted by atomic mass is 9.90. The molecule has 0 aliphatic heterocycles. The predicted molar refractivity (Wildman–Crippen MR) is 84.4 cm³/mol. The Labute approximate surface area is 127 Å². The first kappa shape index (κ1) is 17.5. The van der Waals surface area contributed by atoms with Gasteiger partial charge in [-0.2, -0.15) is 5.10 Å². The van der Waals surface area contributed by atoms with Crippen LogP contribution in [0.1, 0.15) is 65.2 Å². The van der Waals surface area contributed by atoms with Crippen molar-refractivity contribution >= 4 is 11.6 Å². The lowest BCUT2D eigenvalue weighted by Crippen LogP contribution is -2.44. The number of nitrogens with zero attached hydrogens (tertiary/aromatic N) is 2. The quantitative estimate of drug-likeness (QED) is 0.789. The maximum atomic E-state index is 6.40. The van der Waals surface area contributed by atoms with Crippen LogP contribution in [0.5, 0.6) is 0 Å². The van der Waals surface area contributed by atoms with Crippen molar-refractivity contribution in [1.29, 1.82) is 0 Å². The van der Waals surface area contributed by atoms with Gasteiger partial charge in [0.15, 0.2) is 0 Å². The molecule has 1 aromatic rings. The summed E-state index contributed by atoms with van der Waals surface area (Å²) in [5.74, 6) is 0. The summed E-state index contributed by atoms with van der Waals surface area (Å²) in [4.78, 5) is 0. The summed E-state index contributed by atoms with van der Waals surface area (Å²) in [5, 5.41) is 8.69. The third-order valence-corrected chi connectivity index (χ3v) is 4.22. The largest absolute Gasteiger partial charge is 0.376 e. The van der Waals surface area contributed by atoms with Gasteiger partial charge >= 0.3 is 0 Å². The summed E-state index contributed by atoms with van der Waals surface area (Å²) in [6, 6.07) is 0.288. The molecule has 0 aliphatic carbocycles. The van der Waals surface area contributed by atoms with Crippen molar-refractivity contribution in [2.24, 2.45) is 0 Å². The zero-order chi connectivity index (χ0) is 15.3. The second-order valence-electron chi connectivity index (χ2n) is 5.67. The molecule has 0 bridgehead atoms. The Morgan fingerprint density at radius 2 is 2.10 bits per heavy atom. The van der Waals surface area contributed by atoms with E-state index >= 15 is 0 Å². The Morgan fingerprint density at radius 3 is 2.55 bits per heavy atom. The molecule has 1 aromatic heterocycles. The van der Waals surface area contributed by atoms with Crippen LogP contribution >= 0.6 is 11.6 Å². The van der Waals surface area contributed by atoms with Crippen molar-refractivity contribution in [2.45, 2.75) is 65.1 Å². The molecule has 5 heteroatoms. The number of aromatic nitrogens is 2. The molecule has 0 fully saturated rings. The molecule has 1 heterocycles. The van der Waals surface area contributed by atoms with Gasteiger partial charge in [0.05, 0.1) is 28.6 Å².